The molecule has 29 heavy (non-hydrogen) atoms. The fraction of sp³-hybridized carbons (Fsp3) is 0.895. The number of nitrogens with zero attached hydrogens (tertiary/aromatic N) is 1. The van der Waals surface area contributed by atoms with Crippen molar-refractivity contribution in [3.05, 3.63) is 0 Å². The Morgan fingerprint density at radius 1 is 1.17 bits per heavy atom. The molecule has 0 radical (unpaired) electrons. The fourth-order valence-electron chi connectivity index (χ4n) is 5.45. The second-order valence-electron chi connectivity index (χ2n) is 8.36. The molecule has 0 aromatic rings. The van der Waals surface area contributed by atoms with Gasteiger partial charge in [0.2, 0.25) is 0 Å². The van der Waals surface area contributed by atoms with E-state index in [2.05, 4.69) is 0 Å². The quantitative estimate of drug-likeness (QED) is 0.326. The molecule has 2 bridgehead atoms. The summed E-state index contributed by atoms with van der Waals surface area (Å²) in [6.45, 7) is 5.62. The van der Waals surface area contributed by atoms with Crippen molar-refractivity contribution in [3.63, 3.8) is 0 Å². The molecule has 9 nitrogen and oxygen atoms in total. The Morgan fingerprint density at radius 3 is 2.59 bits per heavy atom. The molecule has 0 aromatic carbocycles. The highest BCUT2D eigenvalue weighted by molar-refractivity contribution is 7.87. The Kier molecular flexibility index (Phi) is 5.89. The van der Waals surface area contributed by atoms with Gasteiger partial charge in [-0.25, -0.2) is 0 Å². The second kappa shape index (κ2) is 8.13. The monoisotopic (exact) mass is 431 g/mol. The molecular weight excluding hydrogens is 402 g/mol. The van der Waals surface area contributed by atoms with Gasteiger partial charge in [-0.05, 0) is 46.2 Å². The van der Waals surface area contributed by atoms with Crippen molar-refractivity contribution in [3.8, 4) is 0 Å². The first-order valence-corrected chi connectivity index (χ1v) is 11.9. The van der Waals surface area contributed by atoms with Crippen LogP contribution < -0.4 is 0 Å². The highest BCUT2D eigenvalue weighted by atomic mass is 32.2. The normalized spacial score (nSPS) is 38.7. The van der Waals surface area contributed by atoms with Gasteiger partial charge < -0.3 is 14.2 Å². The van der Waals surface area contributed by atoms with Crippen molar-refractivity contribution in [2.24, 2.45) is 17.8 Å². The van der Waals surface area contributed by atoms with Gasteiger partial charge in [0, 0.05) is 18.4 Å². The minimum Gasteiger partial charge on any atom is -0.458 e. The van der Waals surface area contributed by atoms with Crippen LogP contribution in [-0.4, -0.2) is 75.2 Å². The van der Waals surface area contributed by atoms with E-state index in [1.54, 1.807) is 13.8 Å². The molecule has 4 rings (SSSR count). The zero-order valence-electron chi connectivity index (χ0n) is 16.8. The molecule has 2 aliphatic carbocycles. The molecule has 164 valence electrons. The van der Waals surface area contributed by atoms with Gasteiger partial charge >= 0.3 is 11.9 Å². The summed E-state index contributed by atoms with van der Waals surface area (Å²) in [5.41, 5.74) is 0. The number of ether oxygens (including phenoxy) is 3. The van der Waals surface area contributed by atoms with Crippen LogP contribution >= 0.6 is 0 Å². The number of piperidine rings is 1. The number of carbonyl (C=O) groups is 2. The van der Waals surface area contributed by atoms with Crippen LogP contribution in [0.1, 0.15) is 39.5 Å². The van der Waals surface area contributed by atoms with Crippen LogP contribution in [0.25, 0.3) is 0 Å². The summed E-state index contributed by atoms with van der Waals surface area (Å²) in [5, 5.41) is -0.934. The molecule has 4 fully saturated rings. The van der Waals surface area contributed by atoms with Gasteiger partial charge in [-0.2, -0.15) is 8.42 Å². The topological polar surface area (TPSA) is 108 Å². The molecular formula is C19H29NO8S. The van der Waals surface area contributed by atoms with Crippen LogP contribution in [0.15, 0.2) is 0 Å². The Labute approximate surface area is 171 Å². The number of esters is 2. The van der Waals surface area contributed by atoms with Crippen molar-refractivity contribution < 1.29 is 36.4 Å². The third-order valence-corrected chi connectivity index (χ3v) is 8.35. The van der Waals surface area contributed by atoms with Gasteiger partial charge in [0.15, 0.2) is 6.29 Å². The lowest BCUT2D eigenvalue weighted by molar-refractivity contribution is -0.184. The van der Waals surface area contributed by atoms with Crippen molar-refractivity contribution in [1.82, 2.24) is 4.90 Å². The molecule has 4 aliphatic rings. The van der Waals surface area contributed by atoms with E-state index in [1.165, 1.54) is 0 Å². The number of hydrogen-bond acceptors (Lipinski definition) is 9. The Balaban J connectivity index is 1.47. The van der Waals surface area contributed by atoms with E-state index in [0.29, 0.717) is 13.0 Å². The third kappa shape index (κ3) is 3.92. The van der Waals surface area contributed by atoms with E-state index < -0.39 is 57.6 Å². The zero-order chi connectivity index (χ0) is 20.8. The number of fused-ring (bicyclic) bond motifs is 1. The van der Waals surface area contributed by atoms with E-state index in [0.717, 1.165) is 32.4 Å². The van der Waals surface area contributed by atoms with Crippen LogP contribution in [0.5, 0.6) is 0 Å². The summed E-state index contributed by atoms with van der Waals surface area (Å²) < 4.78 is 46.7. The Bertz CT molecular complexity index is 749. The number of rotatable bonds is 7. The molecule has 0 spiro atoms. The Morgan fingerprint density at radius 2 is 1.90 bits per heavy atom. The molecule has 0 N–H and O–H groups in total. The molecule has 0 amide bonds. The molecule has 2 aliphatic heterocycles. The highest BCUT2D eigenvalue weighted by Crippen LogP contribution is 2.58. The van der Waals surface area contributed by atoms with Crippen LogP contribution in [0, 0.1) is 17.8 Å². The lowest BCUT2D eigenvalue weighted by Gasteiger charge is -2.32. The summed E-state index contributed by atoms with van der Waals surface area (Å²) in [6.07, 6.45) is 1.53. The first-order chi connectivity index (χ1) is 13.8. The van der Waals surface area contributed by atoms with Crippen molar-refractivity contribution in [1.29, 1.82) is 0 Å². The van der Waals surface area contributed by atoms with Crippen molar-refractivity contribution >= 4 is 22.1 Å². The lowest BCUT2D eigenvalue weighted by Crippen LogP contribution is -2.47. The van der Waals surface area contributed by atoms with Crippen LogP contribution in [0.4, 0.5) is 0 Å². The predicted molar refractivity (Wildman–Crippen MR) is 100 cm³/mol. The van der Waals surface area contributed by atoms with Gasteiger partial charge in [-0.15, -0.1) is 0 Å². The smallest absolute Gasteiger partial charge is 0.320 e. The molecule has 0 aromatic heterocycles. The minimum atomic E-state index is -3.91. The van der Waals surface area contributed by atoms with Gasteiger partial charge in [-0.3, -0.25) is 18.7 Å². The first-order valence-electron chi connectivity index (χ1n) is 10.5. The molecule has 7 unspecified atom stereocenters. The lowest BCUT2D eigenvalue weighted by atomic mass is 9.84. The van der Waals surface area contributed by atoms with Gasteiger partial charge in [0.05, 0.1) is 12.5 Å². The number of carbonyl (C=O) groups excluding carboxylic acids is 2. The van der Waals surface area contributed by atoms with E-state index in [1.807, 2.05) is 4.90 Å². The van der Waals surface area contributed by atoms with Crippen LogP contribution in [-0.2, 0) is 38.1 Å². The first kappa shape index (κ1) is 21.0. The van der Waals surface area contributed by atoms with E-state index >= 15 is 0 Å². The Hall–Kier alpha value is -1.23. The molecule has 2 saturated carbocycles. The average Bonchev–Trinajstić information content (AvgIpc) is 3.25. The maximum absolute atomic E-state index is 12.8. The molecule has 10 heteroatoms. The van der Waals surface area contributed by atoms with E-state index in [4.69, 9.17) is 18.4 Å². The van der Waals surface area contributed by atoms with E-state index in [9.17, 15) is 18.0 Å². The zero-order valence-corrected chi connectivity index (χ0v) is 17.6. The summed E-state index contributed by atoms with van der Waals surface area (Å²) >= 11 is 0. The minimum absolute atomic E-state index is 0.174. The summed E-state index contributed by atoms with van der Waals surface area (Å²) in [6, 6.07) is 0. The van der Waals surface area contributed by atoms with Crippen LogP contribution in [0.2, 0.25) is 0 Å². The molecule has 7 atom stereocenters. The average molecular weight is 432 g/mol. The van der Waals surface area contributed by atoms with Crippen LogP contribution in [0.3, 0.4) is 0 Å². The second-order valence-corrected chi connectivity index (χ2v) is 10.1. The maximum Gasteiger partial charge on any atom is 0.320 e. The van der Waals surface area contributed by atoms with Gasteiger partial charge in [0.1, 0.15) is 17.5 Å². The van der Waals surface area contributed by atoms with Gasteiger partial charge in [-0.1, -0.05) is 6.42 Å². The molecule has 2 heterocycles. The number of likely N-dealkylation sites (tertiary alicyclic amines) is 1. The number of hydrogen-bond donors (Lipinski definition) is 0. The largest absolute Gasteiger partial charge is 0.458 e. The summed E-state index contributed by atoms with van der Waals surface area (Å²) in [4.78, 5) is 27.3. The van der Waals surface area contributed by atoms with Crippen molar-refractivity contribution in [2.45, 2.75) is 63.3 Å². The van der Waals surface area contributed by atoms with Crippen molar-refractivity contribution in [2.75, 3.05) is 26.2 Å². The summed E-state index contributed by atoms with van der Waals surface area (Å²) in [7, 11) is -3.91. The SMILES string of the molecule is CCOC(C)OC(=O)C1C2CC3C(OS(=O)(=O)C31)C2OC(=O)CN1CCCCC1. The summed E-state index contributed by atoms with van der Waals surface area (Å²) in [5.74, 6) is -2.70. The maximum atomic E-state index is 12.8. The standard InChI is InChI=1S/C19H29NO8S/c1-3-25-11(2)26-19(22)15-12-9-13-17(28-29(23,24)18(13)15)16(12)27-14(21)10-20-7-5-4-6-8-20/h11-13,15-18H,3-10H2,1-2H3. The molecule has 2 saturated heterocycles. The fourth-order valence-corrected chi connectivity index (χ4v) is 7.51. The predicted octanol–water partition coefficient (Wildman–Crippen LogP) is 0.673. The third-order valence-electron chi connectivity index (χ3n) is 6.55. The highest BCUT2D eigenvalue weighted by Gasteiger charge is 2.72. The van der Waals surface area contributed by atoms with E-state index in [-0.39, 0.29) is 12.5 Å². The van der Waals surface area contributed by atoms with Gasteiger partial charge in [0.25, 0.3) is 10.1 Å².